The zero-order valence-electron chi connectivity index (χ0n) is 18.8. The summed E-state index contributed by atoms with van der Waals surface area (Å²) in [5.74, 6) is 4.11. The van der Waals surface area contributed by atoms with Gasteiger partial charge in [0.25, 0.3) is 0 Å². The van der Waals surface area contributed by atoms with Gasteiger partial charge in [0.05, 0.1) is 11.4 Å². The Hall–Kier alpha value is -1.70. The topological polar surface area (TPSA) is 25.8 Å². The van der Waals surface area contributed by atoms with Crippen LogP contribution >= 0.6 is 0 Å². The predicted octanol–water partition coefficient (Wildman–Crippen LogP) is 7.03. The summed E-state index contributed by atoms with van der Waals surface area (Å²) in [5.41, 5.74) is 8.76. The van der Waals surface area contributed by atoms with Crippen LogP contribution < -0.4 is 0 Å². The molecule has 0 aromatic carbocycles. The average Bonchev–Trinajstić information content (AvgIpc) is 2.71. The summed E-state index contributed by atoms with van der Waals surface area (Å²) in [5, 5.41) is 0. The maximum Gasteiger partial charge on any atom is 0.0889 e. The average molecular weight is 387 g/mol. The van der Waals surface area contributed by atoms with Crippen LogP contribution in [-0.2, 0) is 0 Å². The van der Waals surface area contributed by atoms with Gasteiger partial charge in [0.1, 0.15) is 0 Å². The molecule has 2 nitrogen and oxygen atoms in total. The lowest BCUT2D eigenvalue weighted by Crippen LogP contribution is -2.50. The molecule has 2 saturated carbocycles. The van der Waals surface area contributed by atoms with Crippen LogP contribution in [0.25, 0.3) is 11.4 Å². The van der Waals surface area contributed by atoms with Crippen LogP contribution in [0.1, 0.15) is 107 Å². The monoisotopic (exact) mass is 386 g/mol. The van der Waals surface area contributed by atoms with E-state index in [1.54, 1.807) is 0 Å². The van der Waals surface area contributed by atoms with Gasteiger partial charge in [-0.1, -0.05) is 53.7 Å². The maximum absolute atomic E-state index is 5.25. The molecule has 0 radical (unpaired) electrons. The van der Waals surface area contributed by atoms with E-state index in [-0.39, 0.29) is 0 Å². The van der Waals surface area contributed by atoms with Crippen molar-refractivity contribution in [3.63, 3.8) is 0 Å². The molecule has 8 rings (SSSR count). The molecule has 2 heterocycles. The third kappa shape index (κ3) is 2.09. The van der Waals surface area contributed by atoms with Gasteiger partial charge in [0, 0.05) is 23.2 Å². The first kappa shape index (κ1) is 18.1. The third-order valence-electron chi connectivity index (χ3n) is 9.93. The van der Waals surface area contributed by atoms with Crippen molar-refractivity contribution in [2.24, 2.45) is 22.7 Å². The molecular weight excluding hydrogens is 352 g/mol. The van der Waals surface area contributed by atoms with E-state index in [2.05, 4.69) is 65.8 Å². The van der Waals surface area contributed by atoms with E-state index >= 15 is 0 Å². The van der Waals surface area contributed by atoms with Gasteiger partial charge in [-0.2, -0.15) is 0 Å². The lowest BCUT2D eigenvalue weighted by molar-refractivity contribution is -0.00851. The number of nitrogens with zero attached hydrogens (tertiary/aromatic N) is 2. The van der Waals surface area contributed by atoms with Gasteiger partial charge < -0.3 is 0 Å². The standard InChI is InChI=1S/C27H34N2/c1-7-15-19-13-21(27(19,5)6)17-9-11-23(29-25(15)17)22-10-8-16-20-12-18(26(20,3)4)14(2)24(16)28-22/h8-11,14-15,18-21H,7,12-13H2,1-6H3/t14?,15?,18-,19-,20+,21+/m1/s1. The molecule has 2 fully saturated rings. The normalized spacial score (nSPS) is 37.0. The Bertz CT molecular complexity index is 1020. The van der Waals surface area contributed by atoms with E-state index < -0.39 is 0 Å². The lowest BCUT2D eigenvalue weighted by Gasteiger charge is -2.60. The molecule has 4 bridgehead atoms. The highest BCUT2D eigenvalue weighted by Gasteiger charge is 2.57. The minimum Gasteiger partial charge on any atom is -0.251 e. The highest BCUT2D eigenvalue weighted by atomic mass is 14.8. The molecule has 0 N–H and O–H groups in total. The number of aromatic nitrogens is 2. The summed E-state index contributed by atoms with van der Waals surface area (Å²) in [4.78, 5) is 10.5. The van der Waals surface area contributed by atoms with Crippen molar-refractivity contribution < 1.29 is 0 Å². The second kappa shape index (κ2) is 5.50. The second-order valence-corrected chi connectivity index (χ2v) is 11.6. The van der Waals surface area contributed by atoms with E-state index in [0.29, 0.717) is 34.5 Å². The molecule has 0 aliphatic heterocycles. The van der Waals surface area contributed by atoms with Gasteiger partial charge >= 0.3 is 0 Å². The van der Waals surface area contributed by atoms with E-state index in [0.717, 1.165) is 23.2 Å². The fourth-order valence-corrected chi connectivity index (χ4v) is 7.87. The van der Waals surface area contributed by atoms with E-state index in [9.17, 15) is 0 Å². The van der Waals surface area contributed by atoms with Crippen LogP contribution in [0.3, 0.4) is 0 Å². The summed E-state index contributed by atoms with van der Waals surface area (Å²) in [6, 6.07) is 9.23. The molecule has 2 aromatic rings. The Morgan fingerprint density at radius 1 is 0.793 bits per heavy atom. The molecule has 29 heavy (non-hydrogen) atoms. The SMILES string of the molecule is CCC1c2nc(-c3ccc4c(n3)C(C)[C@H]3C[C@@H]4C3(C)C)ccc2[C@@H]2C[C@H]1C2(C)C. The van der Waals surface area contributed by atoms with Crippen molar-refractivity contribution in [2.45, 2.75) is 84.5 Å². The van der Waals surface area contributed by atoms with Crippen LogP contribution in [-0.4, -0.2) is 9.97 Å². The predicted molar refractivity (Wildman–Crippen MR) is 118 cm³/mol. The zero-order valence-corrected chi connectivity index (χ0v) is 18.8. The molecular formula is C27H34N2. The Labute approximate surface area is 175 Å². The van der Waals surface area contributed by atoms with Gasteiger partial charge in [-0.3, -0.25) is 9.97 Å². The zero-order chi connectivity index (χ0) is 20.3. The first-order valence-electron chi connectivity index (χ1n) is 11.8. The fraction of sp³-hybridized carbons (Fsp3) is 0.630. The molecule has 152 valence electrons. The Morgan fingerprint density at radius 3 is 1.86 bits per heavy atom. The Kier molecular flexibility index (Phi) is 3.44. The van der Waals surface area contributed by atoms with Crippen LogP contribution in [0.2, 0.25) is 0 Å². The molecule has 6 atom stereocenters. The lowest BCUT2D eigenvalue weighted by atomic mass is 9.44. The molecule has 0 saturated heterocycles. The van der Waals surface area contributed by atoms with E-state index in [1.807, 2.05) is 0 Å². The van der Waals surface area contributed by atoms with Crippen molar-refractivity contribution in [2.75, 3.05) is 0 Å². The summed E-state index contributed by atoms with van der Waals surface area (Å²) in [7, 11) is 0. The third-order valence-corrected chi connectivity index (χ3v) is 9.93. The molecule has 0 spiro atoms. The van der Waals surface area contributed by atoms with Gasteiger partial charge in [-0.25, -0.2) is 0 Å². The van der Waals surface area contributed by atoms with Crippen molar-refractivity contribution in [3.8, 4) is 11.4 Å². The second-order valence-electron chi connectivity index (χ2n) is 11.6. The number of rotatable bonds is 2. The first-order valence-corrected chi connectivity index (χ1v) is 11.8. The highest BCUT2D eigenvalue weighted by Crippen LogP contribution is 2.67. The summed E-state index contributed by atoms with van der Waals surface area (Å²) in [6.07, 6.45) is 3.89. The molecule has 2 aromatic heterocycles. The van der Waals surface area contributed by atoms with Gasteiger partial charge in [0.2, 0.25) is 0 Å². The quantitative estimate of drug-likeness (QED) is 0.554. The number of hydrogen-bond donors (Lipinski definition) is 0. The molecule has 0 amide bonds. The van der Waals surface area contributed by atoms with E-state index in [4.69, 9.17) is 9.97 Å². The van der Waals surface area contributed by atoms with Crippen molar-refractivity contribution in [3.05, 3.63) is 46.8 Å². The molecule has 6 aliphatic rings. The van der Waals surface area contributed by atoms with Crippen molar-refractivity contribution >= 4 is 0 Å². The largest absolute Gasteiger partial charge is 0.251 e. The smallest absolute Gasteiger partial charge is 0.0889 e. The van der Waals surface area contributed by atoms with Crippen LogP contribution in [0.4, 0.5) is 0 Å². The minimum atomic E-state index is 0.432. The van der Waals surface area contributed by atoms with Crippen molar-refractivity contribution in [1.82, 2.24) is 9.97 Å². The minimum absolute atomic E-state index is 0.432. The molecule has 6 aliphatic carbocycles. The molecule has 2 heteroatoms. The Morgan fingerprint density at radius 2 is 1.31 bits per heavy atom. The first-order chi connectivity index (χ1) is 13.7. The fourth-order valence-electron chi connectivity index (χ4n) is 7.87. The maximum atomic E-state index is 5.25. The molecule has 2 unspecified atom stereocenters. The Balaban J connectivity index is 1.42. The highest BCUT2D eigenvalue weighted by molar-refractivity contribution is 5.59. The summed E-state index contributed by atoms with van der Waals surface area (Å²) < 4.78 is 0. The van der Waals surface area contributed by atoms with Crippen LogP contribution in [0.15, 0.2) is 24.3 Å². The van der Waals surface area contributed by atoms with E-state index in [1.165, 1.54) is 41.8 Å². The van der Waals surface area contributed by atoms with Gasteiger partial charge in [-0.15, -0.1) is 0 Å². The van der Waals surface area contributed by atoms with Crippen molar-refractivity contribution in [1.29, 1.82) is 0 Å². The summed E-state index contributed by atoms with van der Waals surface area (Å²) >= 11 is 0. The van der Waals surface area contributed by atoms with Gasteiger partial charge in [-0.05, 0) is 77.0 Å². The van der Waals surface area contributed by atoms with Crippen LogP contribution in [0, 0.1) is 22.7 Å². The number of pyridine rings is 2. The summed E-state index contributed by atoms with van der Waals surface area (Å²) in [6.45, 7) is 14.5. The number of hydrogen-bond acceptors (Lipinski definition) is 2. The van der Waals surface area contributed by atoms with Crippen LogP contribution in [0.5, 0.6) is 0 Å². The van der Waals surface area contributed by atoms with Gasteiger partial charge in [0.15, 0.2) is 0 Å².